The second-order valence-electron chi connectivity index (χ2n) is 9.64. The lowest BCUT2D eigenvalue weighted by atomic mass is 9.93. The molecule has 2 aliphatic heterocycles. The van der Waals surface area contributed by atoms with Crippen molar-refractivity contribution in [3.63, 3.8) is 0 Å². The summed E-state index contributed by atoms with van der Waals surface area (Å²) in [7, 11) is 0. The zero-order valence-corrected chi connectivity index (χ0v) is 21.8. The molecule has 196 valence electrons. The zero-order valence-electron chi connectivity index (χ0n) is 20.3. The third-order valence-corrected chi connectivity index (χ3v) is 7.89. The van der Waals surface area contributed by atoms with Crippen LogP contribution in [0, 0.1) is 0 Å². The van der Waals surface area contributed by atoms with Gasteiger partial charge in [0.05, 0.1) is 35.0 Å². The number of carbonyl (C=O) groups excluding carboxylic acids is 1. The minimum atomic E-state index is -4.54. The third kappa shape index (κ3) is 5.24. The smallest absolute Gasteiger partial charge is 0.337 e. The summed E-state index contributed by atoms with van der Waals surface area (Å²) in [6.07, 6.45) is 1.94. The maximum atomic E-state index is 14.1. The van der Waals surface area contributed by atoms with E-state index in [9.17, 15) is 18.0 Å². The molecule has 5 rings (SSSR count). The average molecular weight is 551 g/mol. The highest BCUT2D eigenvalue weighted by Gasteiger charge is 2.36. The molecule has 1 amide bonds. The van der Waals surface area contributed by atoms with Crippen LogP contribution >= 0.6 is 23.2 Å². The van der Waals surface area contributed by atoms with Crippen LogP contribution in [0.5, 0.6) is 0 Å². The van der Waals surface area contributed by atoms with Crippen molar-refractivity contribution in [2.45, 2.75) is 50.9 Å². The van der Waals surface area contributed by atoms with Gasteiger partial charge in [-0.25, -0.2) is 4.98 Å². The highest BCUT2D eigenvalue weighted by atomic mass is 35.5. The van der Waals surface area contributed by atoms with Gasteiger partial charge in [-0.1, -0.05) is 41.8 Å². The Morgan fingerprint density at radius 2 is 2.00 bits per heavy atom. The van der Waals surface area contributed by atoms with Crippen LogP contribution in [0.15, 0.2) is 42.7 Å². The second kappa shape index (κ2) is 10.3. The van der Waals surface area contributed by atoms with Crippen molar-refractivity contribution in [3.8, 4) is 0 Å². The fourth-order valence-corrected chi connectivity index (χ4v) is 5.84. The van der Waals surface area contributed by atoms with Gasteiger partial charge >= 0.3 is 6.18 Å². The number of aromatic nitrogens is 2. The third-order valence-electron chi connectivity index (χ3n) is 7.32. The fourth-order valence-electron chi connectivity index (χ4n) is 5.27. The summed E-state index contributed by atoms with van der Waals surface area (Å²) < 4.78 is 44.2. The van der Waals surface area contributed by atoms with E-state index in [1.807, 2.05) is 17.6 Å². The highest BCUT2D eigenvalue weighted by molar-refractivity contribution is 6.35. The monoisotopic (exact) mass is 550 g/mol. The van der Waals surface area contributed by atoms with Gasteiger partial charge < -0.3 is 14.8 Å². The number of piperidine rings is 1. The van der Waals surface area contributed by atoms with Crippen LogP contribution in [0.1, 0.15) is 55.3 Å². The van der Waals surface area contributed by atoms with Crippen molar-refractivity contribution in [2.24, 2.45) is 0 Å². The van der Waals surface area contributed by atoms with Crippen LogP contribution < -0.4 is 5.32 Å². The number of carbonyl (C=O) groups is 1. The molecule has 0 bridgehead atoms. The van der Waals surface area contributed by atoms with Crippen LogP contribution in [-0.4, -0.2) is 46.0 Å². The molecule has 3 heterocycles. The Morgan fingerprint density at radius 3 is 2.65 bits per heavy atom. The molecule has 1 aromatic heterocycles. The number of imidazole rings is 1. The molecular formula is C27H27Cl2F3N4O. The molecular weight excluding hydrogens is 524 g/mol. The van der Waals surface area contributed by atoms with Gasteiger partial charge in [0.15, 0.2) is 0 Å². The number of hydrogen-bond donors (Lipinski definition) is 1. The van der Waals surface area contributed by atoms with Gasteiger partial charge in [-0.2, -0.15) is 13.2 Å². The van der Waals surface area contributed by atoms with Gasteiger partial charge in [0.1, 0.15) is 0 Å². The highest BCUT2D eigenvalue weighted by Crippen LogP contribution is 2.40. The topological polar surface area (TPSA) is 50.2 Å². The lowest BCUT2D eigenvalue weighted by Gasteiger charge is -2.32. The minimum Gasteiger partial charge on any atom is -0.337 e. The van der Waals surface area contributed by atoms with E-state index in [1.165, 1.54) is 6.33 Å². The molecule has 5 nitrogen and oxygen atoms in total. The first-order valence-electron chi connectivity index (χ1n) is 12.4. The Kier molecular flexibility index (Phi) is 7.27. The van der Waals surface area contributed by atoms with Gasteiger partial charge in [0.25, 0.3) is 0 Å². The molecule has 10 heteroatoms. The number of fused-ring (bicyclic) bond motifs is 1. The van der Waals surface area contributed by atoms with Gasteiger partial charge in [0, 0.05) is 23.1 Å². The van der Waals surface area contributed by atoms with Crippen LogP contribution in [0.4, 0.5) is 13.2 Å². The normalized spacial score (nSPS) is 19.7. The molecule has 0 radical (unpaired) electrons. The van der Waals surface area contributed by atoms with E-state index < -0.39 is 11.7 Å². The molecule has 0 spiro atoms. The van der Waals surface area contributed by atoms with Crippen molar-refractivity contribution >= 4 is 45.7 Å². The van der Waals surface area contributed by atoms with Crippen LogP contribution in [0.2, 0.25) is 10.0 Å². The van der Waals surface area contributed by atoms with Crippen molar-refractivity contribution < 1.29 is 18.0 Å². The number of halogens is 5. The van der Waals surface area contributed by atoms with E-state index in [4.69, 9.17) is 23.2 Å². The number of rotatable bonds is 4. The maximum absolute atomic E-state index is 14.1. The molecule has 3 aromatic rings. The van der Waals surface area contributed by atoms with Crippen LogP contribution in [0.25, 0.3) is 16.6 Å². The number of alkyl halides is 3. The standard InChI is InChI=1S/C27H27Cl2F3N4O/c1-16(19-6-5-18(28)12-22(19)29)36-15-34-24-14-21(27(30,31)32)20(13-25(24)36)17-7-10-35(11-8-17)26(37)23-4-2-3-9-33-23/h5-7,12-16,23,33H,2-4,8-11H2,1H3/t16-,23-/m1/s1. The number of nitrogens with zero attached hydrogens (tertiary/aromatic N) is 3. The lowest BCUT2D eigenvalue weighted by molar-refractivity contribution is -0.138. The predicted molar refractivity (Wildman–Crippen MR) is 140 cm³/mol. The molecule has 1 N–H and O–H groups in total. The quantitative estimate of drug-likeness (QED) is 0.391. The Bertz CT molecular complexity index is 1360. The molecule has 2 atom stereocenters. The van der Waals surface area contributed by atoms with Crippen molar-refractivity contribution in [1.29, 1.82) is 0 Å². The van der Waals surface area contributed by atoms with E-state index in [1.54, 1.807) is 29.2 Å². The number of nitrogens with one attached hydrogen (secondary N) is 1. The van der Waals surface area contributed by atoms with E-state index in [0.29, 0.717) is 34.1 Å². The molecule has 0 unspecified atom stereocenters. The number of benzene rings is 2. The largest absolute Gasteiger partial charge is 0.417 e. The summed E-state index contributed by atoms with van der Waals surface area (Å²) in [5.74, 6) is 0.0215. The Hall–Kier alpha value is -2.55. The summed E-state index contributed by atoms with van der Waals surface area (Å²) in [5.41, 5.74) is 1.60. The van der Waals surface area contributed by atoms with E-state index in [2.05, 4.69) is 10.3 Å². The van der Waals surface area contributed by atoms with Gasteiger partial charge in [0.2, 0.25) is 5.91 Å². The Labute approximate surface area is 223 Å². The molecule has 2 aromatic carbocycles. The molecule has 0 saturated carbocycles. The van der Waals surface area contributed by atoms with Gasteiger partial charge in [-0.3, -0.25) is 4.79 Å². The molecule has 0 aliphatic carbocycles. The van der Waals surface area contributed by atoms with Crippen LogP contribution in [-0.2, 0) is 11.0 Å². The predicted octanol–water partition coefficient (Wildman–Crippen LogP) is 6.73. The molecule has 1 saturated heterocycles. The van der Waals surface area contributed by atoms with Crippen molar-refractivity contribution in [3.05, 3.63) is 69.5 Å². The zero-order chi connectivity index (χ0) is 26.3. The first-order chi connectivity index (χ1) is 17.6. The van der Waals surface area contributed by atoms with E-state index in [0.717, 1.165) is 37.4 Å². The van der Waals surface area contributed by atoms with Crippen molar-refractivity contribution in [2.75, 3.05) is 19.6 Å². The molecule has 1 fully saturated rings. The first-order valence-corrected chi connectivity index (χ1v) is 13.1. The number of hydrogen-bond acceptors (Lipinski definition) is 3. The average Bonchev–Trinajstić information content (AvgIpc) is 3.30. The summed E-state index contributed by atoms with van der Waals surface area (Å²) >= 11 is 12.5. The van der Waals surface area contributed by atoms with Crippen molar-refractivity contribution in [1.82, 2.24) is 19.8 Å². The number of amides is 1. The minimum absolute atomic E-state index is 0.0215. The van der Waals surface area contributed by atoms with E-state index >= 15 is 0 Å². The summed E-state index contributed by atoms with van der Waals surface area (Å²) in [6, 6.07) is 7.37. The SMILES string of the molecule is C[C@H](c1ccc(Cl)cc1Cl)n1cnc2cc(C(F)(F)F)c(C3=CCN(C(=O)[C@H]4CCCCN4)CC3)cc21. The Balaban J connectivity index is 1.50. The van der Waals surface area contributed by atoms with Crippen LogP contribution in [0.3, 0.4) is 0 Å². The molecule has 2 aliphatic rings. The lowest BCUT2D eigenvalue weighted by Crippen LogP contribution is -2.49. The van der Waals surface area contributed by atoms with E-state index in [-0.39, 0.29) is 35.6 Å². The first kappa shape index (κ1) is 26.1. The summed E-state index contributed by atoms with van der Waals surface area (Å²) in [6.45, 7) is 3.40. The summed E-state index contributed by atoms with van der Waals surface area (Å²) in [4.78, 5) is 18.9. The molecule has 37 heavy (non-hydrogen) atoms. The van der Waals surface area contributed by atoms with Gasteiger partial charge in [-0.15, -0.1) is 0 Å². The summed E-state index contributed by atoms with van der Waals surface area (Å²) in [5, 5.41) is 4.23. The maximum Gasteiger partial charge on any atom is 0.417 e. The fraction of sp³-hybridized carbons (Fsp3) is 0.407. The second-order valence-corrected chi connectivity index (χ2v) is 10.5. The van der Waals surface area contributed by atoms with Gasteiger partial charge in [-0.05, 0) is 73.7 Å². The Morgan fingerprint density at radius 1 is 1.19 bits per heavy atom.